The number of nitro benzene ring substituents is 1. The molecule has 0 saturated carbocycles. The van der Waals surface area contributed by atoms with Gasteiger partial charge >= 0.3 is 0 Å². The highest BCUT2D eigenvalue weighted by atomic mass is 79.9. The molecular formula is C27H22BrN3O6. The first-order valence-electron chi connectivity index (χ1n) is 11.0. The summed E-state index contributed by atoms with van der Waals surface area (Å²) < 4.78 is 17.3. The minimum absolute atomic E-state index is 0.0120. The average Bonchev–Trinajstić information content (AvgIpc) is 2.91. The van der Waals surface area contributed by atoms with Crippen molar-refractivity contribution in [2.24, 2.45) is 5.10 Å². The molecule has 0 heterocycles. The van der Waals surface area contributed by atoms with Crippen molar-refractivity contribution in [2.45, 2.75) is 6.61 Å². The summed E-state index contributed by atoms with van der Waals surface area (Å²) in [6.45, 7) is 0.105. The third-order valence-electron chi connectivity index (χ3n) is 5.45. The number of methoxy groups -OCH3 is 2. The third kappa shape index (κ3) is 6.04. The SMILES string of the molecule is COc1cc2ccccc2cc1C(=O)N/N=C\c1cc(Br)c(OCc2cccc([N+](=O)[O-])c2)c(OC)c1. The molecule has 0 unspecified atom stereocenters. The highest BCUT2D eigenvalue weighted by molar-refractivity contribution is 9.10. The number of ether oxygens (including phenoxy) is 3. The number of nitro groups is 1. The Kier molecular flexibility index (Phi) is 7.99. The molecule has 0 aromatic heterocycles. The van der Waals surface area contributed by atoms with E-state index in [1.54, 1.807) is 30.3 Å². The molecule has 37 heavy (non-hydrogen) atoms. The maximum Gasteiger partial charge on any atom is 0.275 e. The van der Waals surface area contributed by atoms with Crippen LogP contribution in [-0.4, -0.2) is 31.3 Å². The summed E-state index contributed by atoms with van der Waals surface area (Å²) in [6.07, 6.45) is 1.48. The number of rotatable bonds is 9. The molecule has 0 aliphatic rings. The van der Waals surface area contributed by atoms with Crippen molar-refractivity contribution in [2.75, 3.05) is 14.2 Å². The first-order valence-corrected chi connectivity index (χ1v) is 11.8. The van der Waals surface area contributed by atoms with Crippen molar-refractivity contribution in [3.63, 3.8) is 0 Å². The van der Waals surface area contributed by atoms with Gasteiger partial charge in [0.1, 0.15) is 12.4 Å². The predicted octanol–water partition coefficient (Wildman–Crippen LogP) is 5.87. The Morgan fingerprint density at radius 2 is 1.73 bits per heavy atom. The summed E-state index contributed by atoms with van der Waals surface area (Å²) in [4.78, 5) is 23.3. The largest absolute Gasteiger partial charge is 0.496 e. The van der Waals surface area contributed by atoms with E-state index in [1.165, 1.54) is 32.6 Å². The van der Waals surface area contributed by atoms with E-state index in [9.17, 15) is 14.9 Å². The van der Waals surface area contributed by atoms with Crippen LogP contribution in [0.15, 0.2) is 82.4 Å². The fourth-order valence-corrected chi connectivity index (χ4v) is 4.24. The smallest absolute Gasteiger partial charge is 0.275 e. The van der Waals surface area contributed by atoms with Gasteiger partial charge in [-0.2, -0.15) is 5.10 Å². The minimum Gasteiger partial charge on any atom is -0.496 e. The van der Waals surface area contributed by atoms with Crippen molar-refractivity contribution in [1.82, 2.24) is 5.43 Å². The van der Waals surface area contributed by atoms with E-state index >= 15 is 0 Å². The second-order valence-corrected chi connectivity index (χ2v) is 8.70. The lowest BCUT2D eigenvalue weighted by Crippen LogP contribution is -2.18. The molecule has 0 spiro atoms. The topological polar surface area (TPSA) is 112 Å². The van der Waals surface area contributed by atoms with Crippen LogP contribution in [0.1, 0.15) is 21.5 Å². The molecule has 4 aromatic rings. The summed E-state index contributed by atoms with van der Waals surface area (Å²) in [6, 6.07) is 20.9. The Morgan fingerprint density at radius 3 is 2.43 bits per heavy atom. The van der Waals surface area contributed by atoms with Crippen molar-refractivity contribution in [3.8, 4) is 17.2 Å². The maximum atomic E-state index is 12.8. The highest BCUT2D eigenvalue weighted by Gasteiger charge is 2.15. The van der Waals surface area contributed by atoms with Crippen LogP contribution >= 0.6 is 15.9 Å². The van der Waals surface area contributed by atoms with Gasteiger partial charge in [0.05, 0.1) is 35.4 Å². The number of fused-ring (bicyclic) bond motifs is 1. The molecule has 188 valence electrons. The van der Waals surface area contributed by atoms with Gasteiger partial charge in [0.2, 0.25) is 0 Å². The van der Waals surface area contributed by atoms with E-state index in [1.807, 2.05) is 30.3 Å². The molecule has 0 aliphatic heterocycles. The van der Waals surface area contributed by atoms with E-state index in [2.05, 4.69) is 26.5 Å². The van der Waals surface area contributed by atoms with Gasteiger partial charge in [0.25, 0.3) is 11.6 Å². The fraction of sp³-hybridized carbons (Fsp3) is 0.111. The number of carbonyl (C=O) groups is 1. The van der Waals surface area contributed by atoms with Crippen LogP contribution in [-0.2, 0) is 6.61 Å². The molecule has 4 aromatic carbocycles. The third-order valence-corrected chi connectivity index (χ3v) is 6.04. The lowest BCUT2D eigenvalue weighted by Gasteiger charge is -2.13. The van der Waals surface area contributed by atoms with Gasteiger partial charge in [-0.15, -0.1) is 0 Å². The van der Waals surface area contributed by atoms with Gasteiger partial charge < -0.3 is 14.2 Å². The van der Waals surface area contributed by atoms with Crippen LogP contribution in [0.2, 0.25) is 0 Å². The number of hydrazone groups is 1. The van der Waals surface area contributed by atoms with Gasteiger partial charge in [-0.3, -0.25) is 14.9 Å². The molecule has 0 saturated heterocycles. The Morgan fingerprint density at radius 1 is 1.00 bits per heavy atom. The van der Waals surface area contributed by atoms with Gasteiger partial charge in [-0.25, -0.2) is 5.43 Å². The van der Waals surface area contributed by atoms with Crippen LogP contribution in [0.3, 0.4) is 0 Å². The lowest BCUT2D eigenvalue weighted by atomic mass is 10.1. The zero-order valence-corrected chi connectivity index (χ0v) is 21.5. The summed E-state index contributed by atoms with van der Waals surface area (Å²) in [5, 5.41) is 17.0. The molecule has 0 radical (unpaired) electrons. The lowest BCUT2D eigenvalue weighted by molar-refractivity contribution is -0.384. The summed E-state index contributed by atoms with van der Waals surface area (Å²) >= 11 is 3.47. The van der Waals surface area contributed by atoms with Gasteiger partial charge in [-0.1, -0.05) is 36.4 Å². The van der Waals surface area contributed by atoms with Crippen LogP contribution < -0.4 is 19.6 Å². The van der Waals surface area contributed by atoms with E-state index in [-0.39, 0.29) is 12.3 Å². The van der Waals surface area contributed by atoms with E-state index in [0.29, 0.717) is 38.4 Å². The number of hydrogen-bond donors (Lipinski definition) is 1. The summed E-state index contributed by atoms with van der Waals surface area (Å²) in [7, 11) is 3.01. The molecule has 1 amide bonds. The minimum atomic E-state index is -0.455. The first kappa shape index (κ1) is 25.6. The molecule has 1 N–H and O–H groups in total. The monoisotopic (exact) mass is 563 g/mol. The highest BCUT2D eigenvalue weighted by Crippen LogP contribution is 2.37. The summed E-state index contributed by atoms with van der Waals surface area (Å²) in [5.41, 5.74) is 4.15. The zero-order chi connectivity index (χ0) is 26.4. The molecular weight excluding hydrogens is 542 g/mol. The van der Waals surface area contributed by atoms with E-state index in [0.717, 1.165) is 10.8 Å². The van der Waals surface area contributed by atoms with Gasteiger partial charge in [0, 0.05) is 12.1 Å². The number of halogens is 1. The second kappa shape index (κ2) is 11.5. The maximum absolute atomic E-state index is 12.8. The Labute approximate surface area is 220 Å². The number of amides is 1. The molecule has 10 heteroatoms. The van der Waals surface area contributed by atoms with E-state index < -0.39 is 10.8 Å². The first-order chi connectivity index (χ1) is 17.9. The quantitative estimate of drug-likeness (QED) is 0.155. The van der Waals surface area contributed by atoms with Crippen LogP contribution in [0.5, 0.6) is 17.2 Å². The predicted molar refractivity (Wildman–Crippen MR) is 144 cm³/mol. The van der Waals surface area contributed by atoms with Crippen molar-refractivity contribution in [1.29, 1.82) is 0 Å². The number of nitrogens with zero attached hydrogens (tertiary/aromatic N) is 2. The zero-order valence-electron chi connectivity index (χ0n) is 19.9. The Hall–Kier alpha value is -4.44. The second-order valence-electron chi connectivity index (χ2n) is 7.85. The number of non-ortho nitro benzene ring substituents is 1. The average molecular weight is 564 g/mol. The van der Waals surface area contributed by atoms with Gasteiger partial charge in [0.15, 0.2) is 11.5 Å². The molecule has 9 nitrogen and oxygen atoms in total. The molecule has 4 rings (SSSR count). The standard InChI is InChI=1S/C27H22BrN3O6/c1-35-24-14-20-8-4-3-7-19(20)13-22(24)27(32)30-29-15-18-11-23(28)26(25(12-18)36-2)37-16-17-6-5-9-21(10-17)31(33)34/h3-15H,16H2,1-2H3,(H,30,32)/b29-15-. The number of carbonyl (C=O) groups excluding carboxylic acids is 1. The van der Waals surface area contributed by atoms with Crippen molar-refractivity contribution in [3.05, 3.63) is 104 Å². The van der Waals surface area contributed by atoms with Crippen molar-refractivity contribution >= 4 is 44.5 Å². The Bertz CT molecular complexity index is 1510. The molecule has 0 fully saturated rings. The number of hydrogen-bond acceptors (Lipinski definition) is 7. The van der Waals surface area contributed by atoms with E-state index in [4.69, 9.17) is 14.2 Å². The molecule has 0 aliphatic carbocycles. The summed E-state index contributed by atoms with van der Waals surface area (Å²) in [5.74, 6) is 0.878. The number of benzene rings is 4. The molecule has 0 bridgehead atoms. The Balaban J connectivity index is 1.48. The normalized spacial score (nSPS) is 10.9. The van der Waals surface area contributed by atoms with Crippen molar-refractivity contribution < 1.29 is 23.9 Å². The molecule has 0 atom stereocenters. The van der Waals surface area contributed by atoms with Crippen LogP contribution in [0.25, 0.3) is 10.8 Å². The van der Waals surface area contributed by atoms with Crippen LogP contribution in [0.4, 0.5) is 5.69 Å². The van der Waals surface area contributed by atoms with Gasteiger partial charge in [-0.05, 0) is 62.1 Å². The number of nitrogens with one attached hydrogen (secondary N) is 1. The fourth-order valence-electron chi connectivity index (χ4n) is 3.66. The van der Waals surface area contributed by atoms with Crippen LogP contribution in [0, 0.1) is 10.1 Å².